The van der Waals surface area contributed by atoms with Crippen molar-refractivity contribution in [3.05, 3.63) is 35.0 Å². The molecule has 0 spiro atoms. The van der Waals surface area contributed by atoms with E-state index in [0.717, 1.165) is 37.0 Å². The molecule has 2 aromatic rings. The van der Waals surface area contributed by atoms with Crippen LogP contribution in [0.15, 0.2) is 24.3 Å². The van der Waals surface area contributed by atoms with Crippen LogP contribution in [0.3, 0.4) is 0 Å². The number of benzene rings is 1. The zero-order valence-corrected chi connectivity index (χ0v) is 17.4. The maximum absolute atomic E-state index is 13.8. The number of nitrogens with zero attached hydrogens (tertiary/aromatic N) is 1. The average Bonchev–Trinajstić information content (AvgIpc) is 3.40. The highest BCUT2D eigenvalue weighted by atomic mass is 32.2. The highest BCUT2D eigenvalue weighted by molar-refractivity contribution is 7.91. The maximum atomic E-state index is 13.8. The lowest BCUT2D eigenvalue weighted by Gasteiger charge is -2.33. The van der Waals surface area contributed by atoms with E-state index in [9.17, 15) is 22.4 Å². The summed E-state index contributed by atoms with van der Waals surface area (Å²) in [7, 11) is -3.13. The maximum Gasteiger partial charge on any atom is 0.348 e. The summed E-state index contributed by atoms with van der Waals surface area (Å²) in [6.07, 6.45) is 4.11. The fourth-order valence-electron chi connectivity index (χ4n) is 4.28. The first-order valence-electron chi connectivity index (χ1n) is 9.71. The Morgan fingerprint density at radius 2 is 1.93 bits per heavy atom. The van der Waals surface area contributed by atoms with Crippen molar-refractivity contribution >= 4 is 43.1 Å². The Morgan fingerprint density at radius 1 is 1.17 bits per heavy atom. The summed E-state index contributed by atoms with van der Waals surface area (Å²) < 4.78 is 43.5. The van der Waals surface area contributed by atoms with Gasteiger partial charge in [-0.25, -0.2) is 17.6 Å². The van der Waals surface area contributed by atoms with Gasteiger partial charge in [-0.05, 0) is 37.5 Å². The van der Waals surface area contributed by atoms with Gasteiger partial charge in [0.05, 0.1) is 11.5 Å². The molecule has 29 heavy (non-hydrogen) atoms. The highest BCUT2D eigenvalue weighted by Gasteiger charge is 2.39. The van der Waals surface area contributed by atoms with Crippen molar-refractivity contribution in [3.8, 4) is 0 Å². The van der Waals surface area contributed by atoms with Crippen molar-refractivity contribution < 1.29 is 27.1 Å². The van der Waals surface area contributed by atoms with Crippen LogP contribution in [-0.2, 0) is 19.4 Å². The molecule has 1 aromatic heterocycles. The third-order valence-electron chi connectivity index (χ3n) is 5.64. The number of ether oxygens (including phenoxy) is 1. The minimum absolute atomic E-state index is 0.00192. The summed E-state index contributed by atoms with van der Waals surface area (Å²) in [5.74, 6) is -1.40. The summed E-state index contributed by atoms with van der Waals surface area (Å²) in [6, 6.07) is 5.68. The number of hydrogen-bond donors (Lipinski definition) is 0. The van der Waals surface area contributed by atoms with Gasteiger partial charge in [0.2, 0.25) is 0 Å². The summed E-state index contributed by atoms with van der Waals surface area (Å²) >= 11 is 1.11. The zero-order valence-electron chi connectivity index (χ0n) is 15.8. The number of rotatable bonds is 5. The van der Waals surface area contributed by atoms with Crippen LogP contribution in [-0.4, -0.2) is 55.4 Å². The Balaban J connectivity index is 1.45. The van der Waals surface area contributed by atoms with Gasteiger partial charge in [-0.1, -0.05) is 18.9 Å². The molecule has 1 saturated carbocycles. The molecule has 0 radical (unpaired) electrons. The number of fused-ring (bicyclic) bond motifs is 1. The van der Waals surface area contributed by atoms with Crippen molar-refractivity contribution in [2.45, 2.75) is 44.2 Å². The van der Waals surface area contributed by atoms with Gasteiger partial charge in [0.15, 0.2) is 16.4 Å². The van der Waals surface area contributed by atoms with Crippen LogP contribution in [0.5, 0.6) is 0 Å². The molecule has 2 fully saturated rings. The molecule has 9 heteroatoms. The summed E-state index contributed by atoms with van der Waals surface area (Å²) in [5.41, 5.74) is 0. The molecule has 1 amide bonds. The fraction of sp³-hybridized carbons (Fsp3) is 0.500. The monoisotopic (exact) mass is 439 g/mol. The van der Waals surface area contributed by atoms with Crippen LogP contribution >= 0.6 is 11.3 Å². The van der Waals surface area contributed by atoms with Gasteiger partial charge in [-0.3, -0.25) is 4.79 Å². The number of sulfone groups is 1. The standard InChI is InChI=1S/C20H22FNO5S2/c21-16-6-3-7-17-15(16)10-18(28-17)20(24)27-11-19(23)22(13-4-1-2-5-13)14-8-9-29(25,26)12-14/h3,6-7,10,13-14H,1-2,4-5,8-9,11-12H2. The van der Waals surface area contributed by atoms with E-state index in [1.54, 1.807) is 17.0 Å². The van der Waals surface area contributed by atoms with Crippen molar-refractivity contribution in [1.82, 2.24) is 4.90 Å². The molecule has 2 aliphatic rings. The smallest absolute Gasteiger partial charge is 0.348 e. The fourth-order valence-corrected chi connectivity index (χ4v) is 6.96. The Hall–Kier alpha value is -2.00. The Morgan fingerprint density at radius 3 is 2.59 bits per heavy atom. The number of halogens is 1. The van der Waals surface area contributed by atoms with E-state index in [1.165, 1.54) is 12.1 Å². The quantitative estimate of drug-likeness (QED) is 0.669. The van der Waals surface area contributed by atoms with E-state index >= 15 is 0 Å². The highest BCUT2D eigenvalue weighted by Crippen LogP contribution is 2.30. The average molecular weight is 440 g/mol. The second-order valence-corrected chi connectivity index (χ2v) is 10.9. The second-order valence-electron chi connectivity index (χ2n) is 7.63. The molecule has 0 N–H and O–H groups in total. The van der Waals surface area contributed by atoms with Crippen LogP contribution in [0.4, 0.5) is 4.39 Å². The van der Waals surface area contributed by atoms with E-state index in [2.05, 4.69) is 0 Å². The van der Waals surface area contributed by atoms with Crippen molar-refractivity contribution in [2.24, 2.45) is 0 Å². The normalized spacial score (nSPS) is 21.5. The van der Waals surface area contributed by atoms with E-state index < -0.39 is 28.2 Å². The number of thiophene rings is 1. The third-order valence-corrected chi connectivity index (χ3v) is 8.47. The number of carbonyl (C=O) groups is 2. The van der Waals surface area contributed by atoms with Crippen LogP contribution < -0.4 is 0 Å². The Labute approximate surface area is 172 Å². The van der Waals surface area contributed by atoms with E-state index in [4.69, 9.17) is 4.74 Å². The van der Waals surface area contributed by atoms with Crippen LogP contribution in [0.25, 0.3) is 10.1 Å². The molecule has 1 atom stereocenters. The van der Waals surface area contributed by atoms with Crippen LogP contribution in [0, 0.1) is 5.82 Å². The summed E-state index contributed by atoms with van der Waals surface area (Å²) in [4.78, 5) is 27.2. The molecule has 1 aliphatic heterocycles. The van der Waals surface area contributed by atoms with E-state index in [1.807, 2.05) is 0 Å². The summed E-state index contributed by atoms with van der Waals surface area (Å²) in [6.45, 7) is -0.442. The minimum atomic E-state index is -3.13. The van der Waals surface area contributed by atoms with Gasteiger partial charge >= 0.3 is 5.97 Å². The molecular formula is C20H22FNO5S2. The number of amides is 1. The largest absolute Gasteiger partial charge is 0.451 e. The first-order valence-corrected chi connectivity index (χ1v) is 12.3. The van der Waals surface area contributed by atoms with Gasteiger partial charge < -0.3 is 9.64 Å². The van der Waals surface area contributed by atoms with Gasteiger partial charge in [-0.15, -0.1) is 11.3 Å². The molecule has 0 bridgehead atoms. The first-order chi connectivity index (χ1) is 13.8. The number of carbonyl (C=O) groups excluding carboxylic acids is 2. The topological polar surface area (TPSA) is 80.8 Å². The van der Waals surface area contributed by atoms with Crippen molar-refractivity contribution in [3.63, 3.8) is 0 Å². The zero-order chi connectivity index (χ0) is 20.6. The lowest BCUT2D eigenvalue weighted by molar-refractivity contribution is -0.139. The first kappa shape index (κ1) is 20.3. The number of hydrogen-bond acceptors (Lipinski definition) is 6. The van der Waals surface area contributed by atoms with Gasteiger partial charge in [0.1, 0.15) is 10.7 Å². The van der Waals surface area contributed by atoms with Crippen molar-refractivity contribution in [1.29, 1.82) is 0 Å². The van der Waals surface area contributed by atoms with Gasteiger partial charge in [0, 0.05) is 22.2 Å². The van der Waals surface area contributed by atoms with Crippen LogP contribution in [0.1, 0.15) is 41.8 Å². The Bertz CT molecular complexity index is 1040. The van der Waals surface area contributed by atoms with E-state index in [0.29, 0.717) is 16.5 Å². The molecule has 2 heterocycles. The Kier molecular flexibility index (Phi) is 5.61. The molecule has 1 aliphatic carbocycles. The SMILES string of the molecule is O=C(OCC(=O)N(C1CCCC1)C1CCS(=O)(=O)C1)c1cc2c(F)cccc2s1. The molecule has 6 nitrogen and oxygen atoms in total. The molecule has 1 unspecified atom stereocenters. The molecule has 1 saturated heterocycles. The third kappa shape index (κ3) is 4.30. The van der Waals surface area contributed by atoms with Crippen molar-refractivity contribution in [2.75, 3.05) is 18.1 Å². The lowest BCUT2D eigenvalue weighted by Crippen LogP contribution is -2.48. The molecule has 156 valence electrons. The minimum Gasteiger partial charge on any atom is -0.451 e. The predicted octanol–water partition coefficient (Wildman–Crippen LogP) is 3.16. The van der Waals surface area contributed by atoms with Crippen LogP contribution in [0.2, 0.25) is 0 Å². The molecule has 4 rings (SSSR count). The predicted molar refractivity (Wildman–Crippen MR) is 108 cm³/mol. The molecule has 1 aromatic carbocycles. The van der Waals surface area contributed by atoms with E-state index in [-0.39, 0.29) is 34.4 Å². The summed E-state index contributed by atoms with van der Waals surface area (Å²) in [5, 5.41) is 0.347. The van der Waals surface area contributed by atoms with Gasteiger partial charge in [0.25, 0.3) is 5.91 Å². The lowest BCUT2D eigenvalue weighted by atomic mass is 10.1. The number of esters is 1. The molecular weight excluding hydrogens is 417 g/mol. The van der Waals surface area contributed by atoms with Gasteiger partial charge in [-0.2, -0.15) is 0 Å². The second kappa shape index (κ2) is 8.02.